The van der Waals surface area contributed by atoms with Gasteiger partial charge in [-0.1, -0.05) is 13.8 Å². The van der Waals surface area contributed by atoms with E-state index in [1.165, 1.54) is 0 Å². The molecule has 0 saturated carbocycles. The summed E-state index contributed by atoms with van der Waals surface area (Å²) in [6.07, 6.45) is 2.06. The van der Waals surface area contributed by atoms with Gasteiger partial charge >= 0.3 is 0 Å². The first-order valence-electron chi connectivity index (χ1n) is 7.45. The second kappa shape index (κ2) is 4.08. The van der Waals surface area contributed by atoms with Gasteiger partial charge in [-0.3, -0.25) is 14.3 Å². The third kappa shape index (κ3) is 1.46. The molecule has 2 saturated heterocycles. The molecule has 8 nitrogen and oxygen atoms in total. The third-order valence-corrected chi connectivity index (χ3v) is 5.41. The Kier molecular flexibility index (Phi) is 2.54. The van der Waals surface area contributed by atoms with Crippen LogP contribution in [0.3, 0.4) is 0 Å². The summed E-state index contributed by atoms with van der Waals surface area (Å²) in [6, 6.07) is 0. The summed E-state index contributed by atoms with van der Waals surface area (Å²) >= 11 is 0. The van der Waals surface area contributed by atoms with Crippen LogP contribution in [0.15, 0.2) is 11.1 Å². The van der Waals surface area contributed by atoms with Crippen molar-refractivity contribution in [1.82, 2.24) is 19.5 Å². The summed E-state index contributed by atoms with van der Waals surface area (Å²) < 4.78 is 14.2. The first-order chi connectivity index (χ1) is 10.4. The van der Waals surface area contributed by atoms with Gasteiger partial charge in [0.1, 0.15) is 5.60 Å². The lowest BCUT2D eigenvalue weighted by molar-refractivity contribution is -0.203. The number of imidazole rings is 1. The van der Waals surface area contributed by atoms with Crippen LogP contribution in [-0.4, -0.2) is 37.3 Å². The van der Waals surface area contributed by atoms with Crippen molar-refractivity contribution in [2.24, 2.45) is 5.92 Å². The number of ether oxygens (including phenoxy) is 2. The molecule has 4 atom stereocenters. The van der Waals surface area contributed by atoms with E-state index >= 15 is 0 Å². The summed E-state index contributed by atoms with van der Waals surface area (Å²) in [5, 5.41) is 0. The minimum Gasteiger partial charge on any atom is -0.369 e. The van der Waals surface area contributed by atoms with Gasteiger partial charge in [-0.15, -0.1) is 0 Å². The molecule has 2 aromatic heterocycles. The predicted octanol–water partition coefficient (Wildman–Crippen LogP) is 0.804. The van der Waals surface area contributed by atoms with Crippen molar-refractivity contribution >= 4 is 17.1 Å². The smallest absolute Gasteiger partial charge is 0.280 e. The number of H-pyrrole nitrogens is 1. The molecule has 2 fully saturated rings. The standard InChI is InChI=1S/C14H19N5O3/c1-4-14-5-21-13(3,7(14)2)11(22-14)19-6-16-8-9(19)17-12(15)18-10(8)20/h6-7,11H,4-5H2,1-3H3,(H3,15,17,18,20)/t7-,11+,13+,14-/m0/s1. The number of aromatic amines is 1. The quantitative estimate of drug-likeness (QED) is 0.850. The van der Waals surface area contributed by atoms with Crippen molar-refractivity contribution in [3.05, 3.63) is 16.7 Å². The summed E-state index contributed by atoms with van der Waals surface area (Å²) in [7, 11) is 0. The van der Waals surface area contributed by atoms with Gasteiger partial charge in [0.05, 0.1) is 18.5 Å². The summed E-state index contributed by atoms with van der Waals surface area (Å²) in [4.78, 5) is 22.8. The summed E-state index contributed by atoms with van der Waals surface area (Å²) in [5.74, 6) is 0.290. The molecule has 3 N–H and O–H groups in total. The number of rotatable bonds is 2. The summed E-state index contributed by atoms with van der Waals surface area (Å²) in [6.45, 7) is 6.86. The van der Waals surface area contributed by atoms with E-state index in [0.717, 1.165) is 6.42 Å². The van der Waals surface area contributed by atoms with Crippen molar-refractivity contribution in [3.8, 4) is 0 Å². The van der Waals surface area contributed by atoms with Crippen molar-refractivity contribution in [1.29, 1.82) is 0 Å². The highest BCUT2D eigenvalue weighted by Gasteiger charge is 2.66. The Morgan fingerprint density at radius 2 is 2.36 bits per heavy atom. The number of fused-ring (bicyclic) bond motifs is 3. The van der Waals surface area contributed by atoms with Crippen LogP contribution in [0.5, 0.6) is 0 Å². The van der Waals surface area contributed by atoms with Gasteiger partial charge in [0.15, 0.2) is 17.4 Å². The Balaban J connectivity index is 1.89. The molecule has 0 spiro atoms. The van der Waals surface area contributed by atoms with E-state index in [-0.39, 0.29) is 34.8 Å². The fraction of sp³-hybridized carbons (Fsp3) is 0.643. The van der Waals surface area contributed by atoms with Crippen molar-refractivity contribution in [2.75, 3.05) is 12.3 Å². The lowest BCUT2D eigenvalue weighted by Crippen LogP contribution is -2.39. The van der Waals surface area contributed by atoms with Gasteiger partial charge in [0, 0.05) is 5.92 Å². The molecular formula is C14H19N5O3. The lowest BCUT2D eigenvalue weighted by atomic mass is 9.81. The maximum Gasteiger partial charge on any atom is 0.280 e. The van der Waals surface area contributed by atoms with Gasteiger partial charge in [-0.2, -0.15) is 4.98 Å². The van der Waals surface area contributed by atoms with E-state index in [0.29, 0.717) is 12.3 Å². The van der Waals surface area contributed by atoms with Gasteiger partial charge in [-0.05, 0) is 13.3 Å². The van der Waals surface area contributed by atoms with Crippen LogP contribution >= 0.6 is 0 Å². The van der Waals surface area contributed by atoms with Crippen LogP contribution in [0.1, 0.15) is 33.4 Å². The van der Waals surface area contributed by atoms with Crippen LogP contribution in [-0.2, 0) is 9.47 Å². The predicted molar refractivity (Wildman–Crippen MR) is 79.2 cm³/mol. The zero-order valence-corrected chi connectivity index (χ0v) is 12.8. The zero-order chi connectivity index (χ0) is 15.7. The molecule has 0 radical (unpaired) electrons. The first kappa shape index (κ1) is 13.7. The average Bonchev–Trinajstić information content (AvgIpc) is 3.07. The Morgan fingerprint density at radius 3 is 3.05 bits per heavy atom. The molecule has 0 aromatic carbocycles. The molecule has 0 aliphatic carbocycles. The van der Waals surface area contributed by atoms with Crippen molar-refractivity contribution in [3.63, 3.8) is 0 Å². The molecule has 2 aliphatic heterocycles. The van der Waals surface area contributed by atoms with Crippen LogP contribution in [0.25, 0.3) is 11.2 Å². The zero-order valence-electron chi connectivity index (χ0n) is 12.8. The van der Waals surface area contributed by atoms with E-state index in [2.05, 4.69) is 28.8 Å². The Bertz CT molecular complexity index is 814. The second-order valence-electron chi connectivity index (χ2n) is 6.36. The van der Waals surface area contributed by atoms with Crippen molar-refractivity contribution in [2.45, 2.75) is 44.6 Å². The van der Waals surface area contributed by atoms with Crippen LogP contribution in [0, 0.1) is 5.92 Å². The molecule has 2 aliphatic rings. The number of aromatic nitrogens is 4. The molecule has 4 rings (SSSR count). The molecule has 2 aromatic rings. The van der Waals surface area contributed by atoms with Crippen LogP contribution in [0.4, 0.5) is 5.95 Å². The second-order valence-corrected chi connectivity index (χ2v) is 6.36. The van der Waals surface area contributed by atoms with Gasteiger partial charge in [0.2, 0.25) is 5.95 Å². The number of anilines is 1. The normalized spacial score (nSPS) is 37.2. The number of nitrogens with zero attached hydrogens (tertiary/aromatic N) is 3. The third-order valence-electron chi connectivity index (χ3n) is 5.41. The van der Waals surface area contributed by atoms with Crippen molar-refractivity contribution < 1.29 is 9.47 Å². The van der Waals surface area contributed by atoms with E-state index in [1.54, 1.807) is 10.9 Å². The highest BCUT2D eigenvalue weighted by molar-refractivity contribution is 5.70. The molecule has 0 amide bonds. The molecule has 8 heteroatoms. The molecule has 22 heavy (non-hydrogen) atoms. The molecule has 118 valence electrons. The highest BCUT2D eigenvalue weighted by Crippen LogP contribution is 2.57. The number of hydrogen-bond acceptors (Lipinski definition) is 6. The van der Waals surface area contributed by atoms with Gasteiger partial charge < -0.3 is 15.2 Å². The minimum absolute atomic E-state index is 0.0618. The number of hydrogen-bond donors (Lipinski definition) is 2. The van der Waals surface area contributed by atoms with Crippen LogP contribution in [0.2, 0.25) is 0 Å². The first-order valence-corrected chi connectivity index (χ1v) is 7.45. The molecule has 4 heterocycles. The Labute approximate surface area is 126 Å². The van der Waals surface area contributed by atoms with E-state index < -0.39 is 5.60 Å². The minimum atomic E-state index is -0.483. The fourth-order valence-electron chi connectivity index (χ4n) is 3.75. The number of nitrogens with one attached hydrogen (secondary N) is 1. The molecular weight excluding hydrogens is 286 g/mol. The fourth-order valence-corrected chi connectivity index (χ4v) is 3.75. The van der Waals surface area contributed by atoms with Gasteiger partial charge in [-0.25, -0.2) is 4.98 Å². The molecule has 0 unspecified atom stereocenters. The maximum atomic E-state index is 11.9. The van der Waals surface area contributed by atoms with E-state index in [9.17, 15) is 4.79 Å². The lowest BCUT2D eigenvalue weighted by Gasteiger charge is -2.34. The number of nitrogen functional groups attached to an aromatic ring is 1. The summed E-state index contributed by atoms with van der Waals surface area (Å²) in [5.41, 5.74) is 5.19. The maximum absolute atomic E-state index is 11.9. The molecule has 2 bridgehead atoms. The SMILES string of the molecule is CC[C@]12CO[C@](C)([C@@H]1C)[C@H](n1cnc3c(=O)[nH]c(N)nc31)O2. The van der Waals surface area contributed by atoms with Gasteiger partial charge in [0.25, 0.3) is 5.56 Å². The highest BCUT2D eigenvalue weighted by atomic mass is 16.6. The average molecular weight is 305 g/mol. The monoisotopic (exact) mass is 305 g/mol. The van der Waals surface area contributed by atoms with E-state index in [4.69, 9.17) is 15.2 Å². The van der Waals surface area contributed by atoms with E-state index in [1.807, 2.05) is 6.92 Å². The Morgan fingerprint density at radius 1 is 1.59 bits per heavy atom. The van der Waals surface area contributed by atoms with Crippen LogP contribution < -0.4 is 11.3 Å². The Hall–Kier alpha value is -1.93. The topological polar surface area (TPSA) is 108 Å². The largest absolute Gasteiger partial charge is 0.369 e. The number of nitrogens with two attached hydrogens (primary N) is 1.